The number of hydrogen-bond donors (Lipinski definition) is 1. The molecule has 0 amide bonds. The molecule has 0 aliphatic rings. The highest BCUT2D eigenvalue weighted by atomic mass is 35.5. The summed E-state index contributed by atoms with van der Waals surface area (Å²) >= 11 is 16.8. The van der Waals surface area contributed by atoms with Crippen LogP contribution in [0.1, 0.15) is 0 Å². The zero-order valence-corrected chi connectivity index (χ0v) is 7.34. The molecule has 0 fully saturated rings. The predicted octanol–water partition coefficient (Wildman–Crippen LogP) is 3.81. The molecule has 0 heterocycles. The van der Waals surface area contributed by atoms with E-state index < -0.39 is 0 Å². The standard InChI is InChI=1S/C6H3Cl3.H3N/c7-4-2-1-3-5(8)6(4)9;/h1-3H;1H3. The molecule has 0 aliphatic carbocycles. The van der Waals surface area contributed by atoms with Crippen molar-refractivity contribution in [3.05, 3.63) is 33.3 Å². The third kappa shape index (κ3) is 2.03. The molecule has 0 saturated heterocycles. The molecule has 0 saturated carbocycles. The normalized spacial score (nSPS) is 8.70. The predicted molar refractivity (Wildman–Crippen MR) is 46.5 cm³/mol. The zero-order chi connectivity index (χ0) is 6.85. The van der Waals surface area contributed by atoms with Crippen molar-refractivity contribution in [2.45, 2.75) is 0 Å². The summed E-state index contributed by atoms with van der Waals surface area (Å²) in [7, 11) is 0. The lowest BCUT2D eigenvalue weighted by Crippen LogP contribution is -1.67. The summed E-state index contributed by atoms with van der Waals surface area (Å²) in [5.74, 6) is 0. The summed E-state index contributed by atoms with van der Waals surface area (Å²) in [5, 5.41) is 1.40. The molecule has 0 aromatic heterocycles. The molecule has 3 N–H and O–H groups in total. The molecular weight excluding hydrogens is 192 g/mol. The van der Waals surface area contributed by atoms with Crippen molar-refractivity contribution in [1.29, 1.82) is 0 Å². The van der Waals surface area contributed by atoms with E-state index in [9.17, 15) is 0 Å². The average molecular weight is 198 g/mol. The van der Waals surface area contributed by atoms with Gasteiger partial charge in [0.05, 0.1) is 15.1 Å². The van der Waals surface area contributed by atoms with E-state index in [2.05, 4.69) is 0 Å². The van der Waals surface area contributed by atoms with E-state index >= 15 is 0 Å². The second kappa shape index (κ2) is 4.04. The van der Waals surface area contributed by atoms with Gasteiger partial charge in [-0.15, -0.1) is 0 Å². The van der Waals surface area contributed by atoms with Gasteiger partial charge in [-0.25, -0.2) is 0 Å². The molecule has 1 rings (SSSR count). The van der Waals surface area contributed by atoms with Crippen LogP contribution in [0.4, 0.5) is 0 Å². The Balaban J connectivity index is 0.000000810. The lowest BCUT2D eigenvalue weighted by Gasteiger charge is -1.94. The Bertz CT molecular complexity index is 204. The molecular formula is C6H6Cl3N. The fourth-order valence-corrected chi connectivity index (χ4v) is 1.00. The van der Waals surface area contributed by atoms with Crippen LogP contribution in [-0.4, -0.2) is 0 Å². The van der Waals surface area contributed by atoms with E-state index in [-0.39, 0.29) is 6.15 Å². The lowest BCUT2D eigenvalue weighted by molar-refractivity contribution is 1.70. The van der Waals surface area contributed by atoms with Gasteiger partial charge in [0.25, 0.3) is 0 Å². The quantitative estimate of drug-likeness (QED) is 0.632. The highest BCUT2D eigenvalue weighted by Gasteiger charge is 1.98. The highest BCUT2D eigenvalue weighted by molar-refractivity contribution is 6.47. The topological polar surface area (TPSA) is 35.0 Å². The first kappa shape index (κ1) is 10.0. The van der Waals surface area contributed by atoms with Crippen molar-refractivity contribution in [1.82, 2.24) is 6.15 Å². The maximum atomic E-state index is 5.61. The van der Waals surface area contributed by atoms with Crippen LogP contribution >= 0.6 is 34.8 Å². The van der Waals surface area contributed by atoms with Crippen LogP contribution in [0.25, 0.3) is 0 Å². The number of hydrogen-bond acceptors (Lipinski definition) is 1. The molecule has 0 aliphatic heterocycles. The first-order chi connectivity index (χ1) is 4.22. The lowest BCUT2D eigenvalue weighted by atomic mass is 10.4. The minimum Gasteiger partial charge on any atom is -0.344 e. The van der Waals surface area contributed by atoms with Crippen LogP contribution in [0.15, 0.2) is 18.2 Å². The summed E-state index contributed by atoms with van der Waals surface area (Å²) in [6.45, 7) is 0. The monoisotopic (exact) mass is 197 g/mol. The Kier molecular flexibility index (Phi) is 4.06. The average Bonchev–Trinajstić information content (AvgIpc) is 1.83. The van der Waals surface area contributed by atoms with E-state index in [0.29, 0.717) is 15.1 Å². The second-order valence-electron chi connectivity index (χ2n) is 1.54. The number of halogens is 3. The smallest absolute Gasteiger partial charge is 0.0778 e. The molecule has 10 heavy (non-hydrogen) atoms. The van der Waals surface area contributed by atoms with Crippen LogP contribution in [0.3, 0.4) is 0 Å². The third-order valence-electron chi connectivity index (χ3n) is 0.904. The SMILES string of the molecule is Clc1cccc(Cl)c1Cl.N. The van der Waals surface area contributed by atoms with Crippen LogP contribution in [-0.2, 0) is 0 Å². The van der Waals surface area contributed by atoms with E-state index in [1.807, 2.05) is 0 Å². The first-order valence-corrected chi connectivity index (χ1v) is 3.44. The molecule has 4 heteroatoms. The molecule has 1 aromatic carbocycles. The van der Waals surface area contributed by atoms with Crippen molar-refractivity contribution in [3.8, 4) is 0 Å². The van der Waals surface area contributed by atoms with Crippen molar-refractivity contribution >= 4 is 34.8 Å². The molecule has 0 atom stereocenters. The Morgan fingerprint density at radius 1 is 0.900 bits per heavy atom. The summed E-state index contributed by atoms with van der Waals surface area (Å²) < 4.78 is 0. The number of benzene rings is 1. The number of rotatable bonds is 0. The molecule has 0 bridgehead atoms. The third-order valence-corrected chi connectivity index (χ3v) is 2.14. The van der Waals surface area contributed by atoms with Crippen molar-refractivity contribution in [2.75, 3.05) is 0 Å². The molecule has 1 nitrogen and oxygen atoms in total. The largest absolute Gasteiger partial charge is 0.344 e. The second-order valence-corrected chi connectivity index (χ2v) is 2.73. The van der Waals surface area contributed by atoms with Crippen molar-refractivity contribution in [3.63, 3.8) is 0 Å². The zero-order valence-electron chi connectivity index (χ0n) is 5.07. The van der Waals surface area contributed by atoms with Gasteiger partial charge in [-0.05, 0) is 12.1 Å². The van der Waals surface area contributed by atoms with Gasteiger partial charge in [0, 0.05) is 0 Å². The first-order valence-electron chi connectivity index (χ1n) is 2.31. The van der Waals surface area contributed by atoms with E-state index in [1.54, 1.807) is 18.2 Å². The van der Waals surface area contributed by atoms with E-state index in [4.69, 9.17) is 34.8 Å². The van der Waals surface area contributed by atoms with E-state index in [1.165, 1.54) is 0 Å². The van der Waals surface area contributed by atoms with Crippen molar-refractivity contribution in [2.24, 2.45) is 0 Å². The van der Waals surface area contributed by atoms with Gasteiger partial charge in [0.15, 0.2) is 0 Å². The molecule has 56 valence electrons. The fourth-order valence-electron chi connectivity index (χ4n) is 0.477. The summed E-state index contributed by atoms with van der Waals surface area (Å²) in [4.78, 5) is 0. The van der Waals surface area contributed by atoms with Crippen LogP contribution in [0.5, 0.6) is 0 Å². The molecule has 0 spiro atoms. The molecule has 0 radical (unpaired) electrons. The summed E-state index contributed by atoms with van der Waals surface area (Å²) in [5.41, 5.74) is 0. The Labute approximate surface area is 74.5 Å². The maximum absolute atomic E-state index is 5.61. The van der Waals surface area contributed by atoms with Gasteiger partial charge in [0.1, 0.15) is 0 Å². The minimum atomic E-state index is 0. The van der Waals surface area contributed by atoms with Crippen LogP contribution in [0.2, 0.25) is 15.1 Å². The Morgan fingerprint density at radius 3 is 1.60 bits per heavy atom. The fraction of sp³-hybridized carbons (Fsp3) is 0. The maximum Gasteiger partial charge on any atom is 0.0778 e. The highest BCUT2D eigenvalue weighted by Crippen LogP contribution is 2.28. The van der Waals surface area contributed by atoms with Crippen molar-refractivity contribution < 1.29 is 0 Å². The summed E-state index contributed by atoms with van der Waals surface area (Å²) in [6.07, 6.45) is 0. The van der Waals surface area contributed by atoms with Crippen LogP contribution in [0, 0.1) is 0 Å². The summed E-state index contributed by atoms with van der Waals surface area (Å²) in [6, 6.07) is 5.13. The van der Waals surface area contributed by atoms with Gasteiger partial charge in [0.2, 0.25) is 0 Å². The minimum absolute atomic E-state index is 0. The van der Waals surface area contributed by atoms with Crippen LogP contribution < -0.4 is 6.15 Å². The molecule has 1 aromatic rings. The van der Waals surface area contributed by atoms with Gasteiger partial charge >= 0.3 is 0 Å². The van der Waals surface area contributed by atoms with Gasteiger partial charge in [-0.3, -0.25) is 0 Å². The Hall–Kier alpha value is 0.0500. The van der Waals surface area contributed by atoms with E-state index in [0.717, 1.165) is 0 Å². The van der Waals surface area contributed by atoms with Gasteiger partial charge < -0.3 is 6.15 Å². The van der Waals surface area contributed by atoms with Gasteiger partial charge in [-0.2, -0.15) is 0 Å². The Morgan fingerprint density at radius 2 is 1.30 bits per heavy atom. The molecule has 0 unspecified atom stereocenters. The van der Waals surface area contributed by atoms with Gasteiger partial charge in [-0.1, -0.05) is 40.9 Å².